The van der Waals surface area contributed by atoms with Crippen molar-refractivity contribution in [1.29, 1.82) is 0 Å². The Bertz CT molecular complexity index is 1070. The number of nitrogens with one attached hydrogen (secondary N) is 3. The third kappa shape index (κ3) is 4.80. The number of hydrogen-bond donors (Lipinski definition) is 3. The van der Waals surface area contributed by atoms with Crippen LogP contribution >= 0.6 is 0 Å². The van der Waals surface area contributed by atoms with Gasteiger partial charge in [-0.3, -0.25) is 19.3 Å². The Kier molecular flexibility index (Phi) is 6.07. The van der Waals surface area contributed by atoms with E-state index in [2.05, 4.69) is 36.7 Å². The summed E-state index contributed by atoms with van der Waals surface area (Å²) in [7, 11) is 0. The monoisotopic (exact) mass is 436 g/mol. The molecule has 8 heteroatoms. The van der Waals surface area contributed by atoms with E-state index in [0.717, 1.165) is 10.5 Å². The maximum absolute atomic E-state index is 13.1. The van der Waals surface area contributed by atoms with Crippen molar-refractivity contribution < 1.29 is 19.2 Å². The number of hydrogen-bond acceptors (Lipinski definition) is 4. The van der Waals surface area contributed by atoms with E-state index in [1.165, 1.54) is 6.92 Å². The van der Waals surface area contributed by atoms with Crippen molar-refractivity contribution in [2.24, 2.45) is 0 Å². The highest BCUT2D eigenvalue weighted by molar-refractivity contribution is 6.10. The van der Waals surface area contributed by atoms with Gasteiger partial charge in [0.1, 0.15) is 12.1 Å². The van der Waals surface area contributed by atoms with Crippen molar-refractivity contribution in [2.45, 2.75) is 45.6 Å². The summed E-state index contributed by atoms with van der Waals surface area (Å²) in [5, 5.41) is 7.99. The minimum atomic E-state index is -1.25. The molecule has 1 heterocycles. The molecule has 1 aliphatic rings. The molecular formula is C24H28N4O4. The molecule has 168 valence electrons. The standard InChI is InChI=1S/C24H28N4O4/c1-15(29)25-18-7-6-8-19(13-18)26-20(30)14-28-21(31)24(5,27-22(28)32)17-11-9-16(10-12-17)23(2,3)4/h6-13H,14H2,1-5H3,(H,25,29)(H,26,30)(H,27,32). The molecule has 1 unspecified atom stereocenters. The first-order chi connectivity index (χ1) is 14.9. The van der Waals surface area contributed by atoms with Crippen molar-refractivity contribution in [3.05, 3.63) is 59.7 Å². The van der Waals surface area contributed by atoms with Gasteiger partial charge in [0, 0.05) is 18.3 Å². The lowest BCUT2D eigenvalue weighted by atomic mass is 9.84. The van der Waals surface area contributed by atoms with Crippen LogP contribution in [-0.2, 0) is 25.3 Å². The molecule has 0 saturated carbocycles. The van der Waals surface area contributed by atoms with Gasteiger partial charge in [0.2, 0.25) is 11.8 Å². The average molecular weight is 437 g/mol. The molecule has 8 nitrogen and oxygen atoms in total. The second-order valence-electron chi connectivity index (χ2n) is 9.08. The third-order valence-corrected chi connectivity index (χ3v) is 5.37. The van der Waals surface area contributed by atoms with E-state index in [9.17, 15) is 19.2 Å². The number of benzene rings is 2. The van der Waals surface area contributed by atoms with Crippen LogP contribution in [0, 0.1) is 0 Å². The van der Waals surface area contributed by atoms with Gasteiger partial charge in [-0.2, -0.15) is 0 Å². The Labute approximate surface area is 187 Å². The smallest absolute Gasteiger partial charge is 0.325 e. The number of imide groups is 1. The van der Waals surface area contributed by atoms with E-state index in [-0.39, 0.29) is 11.3 Å². The summed E-state index contributed by atoms with van der Waals surface area (Å²) in [5.74, 6) is -1.25. The summed E-state index contributed by atoms with van der Waals surface area (Å²) >= 11 is 0. The molecule has 1 atom stereocenters. The fourth-order valence-electron chi connectivity index (χ4n) is 3.56. The number of urea groups is 1. The number of anilines is 2. The highest BCUT2D eigenvalue weighted by Crippen LogP contribution is 2.31. The van der Waals surface area contributed by atoms with E-state index >= 15 is 0 Å². The van der Waals surface area contributed by atoms with Gasteiger partial charge < -0.3 is 16.0 Å². The van der Waals surface area contributed by atoms with Gasteiger partial charge in [0.25, 0.3) is 5.91 Å². The van der Waals surface area contributed by atoms with E-state index in [1.54, 1.807) is 31.2 Å². The van der Waals surface area contributed by atoms with Crippen molar-refractivity contribution in [2.75, 3.05) is 17.2 Å². The van der Waals surface area contributed by atoms with Crippen molar-refractivity contribution in [3.8, 4) is 0 Å². The Balaban J connectivity index is 1.72. The molecule has 0 spiro atoms. The lowest BCUT2D eigenvalue weighted by Crippen LogP contribution is -2.42. The summed E-state index contributed by atoms with van der Waals surface area (Å²) < 4.78 is 0. The van der Waals surface area contributed by atoms with Crippen LogP contribution in [0.5, 0.6) is 0 Å². The summed E-state index contributed by atoms with van der Waals surface area (Å²) in [5.41, 5.74) is 1.43. The number of rotatable bonds is 5. The van der Waals surface area contributed by atoms with Crippen molar-refractivity contribution in [1.82, 2.24) is 10.2 Å². The Morgan fingerprint density at radius 2 is 1.59 bits per heavy atom. The first-order valence-corrected chi connectivity index (χ1v) is 10.3. The van der Waals surface area contributed by atoms with Gasteiger partial charge in [-0.15, -0.1) is 0 Å². The zero-order valence-corrected chi connectivity index (χ0v) is 18.9. The summed E-state index contributed by atoms with van der Waals surface area (Å²) in [6, 6.07) is 13.5. The molecule has 1 aliphatic heterocycles. The van der Waals surface area contributed by atoms with E-state index in [4.69, 9.17) is 0 Å². The van der Waals surface area contributed by atoms with Gasteiger partial charge >= 0.3 is 6.03 Å². The van der Waals surface area contributed by atoms with Crippen molar-refractivity contribution in [3.63, 3.8) is 0 Å². The van der Waals surface area contributed by atoms with Gasteiger partial charge in [-0.05, 0) is 41.7 Å². The molecule has 3 rings (SSSR count). The van der Waals surface area contributed by atoms with E-state index < -0.39 is 29.9 Å². The SMILES string of the molecule is CC(=O)Nc1cccc(NC(=O)CN2C(=O)NC(C)(c3ccc(C(C)(C)C)cc3)C2=O)c1. The zero-order valence-electron chi connectivity index (χ0n) is 18.9. The molecule has 2 aromatic rings. The lowest BCUT2D eigenvalue weighted by molar-refractivity contribution is -0.133. The zero-order chi connectivity index (χ0) is 23.7. The average Bonchev–Trinajstić information content (AvgIpc) is 2.91. The minimum Gasteiger partial charge on any atom is -0.326 e. The van der Waals surface area contributed by atoms with Gasteiger partial charge in [0.05, 0.1) is 0 Å². The highest BCUT2D eigenvalue weighted by Gasteiger charge is 2.49. The molecule has 32 heavy (non-hydrogen) atoms. The predicted molar refractivity (Wildman–Crippen MR) is 122 cm³/mol. The van der Waals surface area contributed by atoms with E-state index in [1.807, 2.05) is 24.3 Å². The van der Waals surface area contributed by atoms with Gasteiger partial charge in [0.15, 0.2) is 0 Å². The molecular weight excluding hydrogens is 408 g/mol. The van der Waals surface area contributed by atoms with Gasteiger partial charge in [-0.25, -0.2) is 4.79 Å². The normalized spacial score (nSPS) is 18.3. The van der Waals surface area contributed by atoms with E-state index in [0.29, 0.717) is 16.9 Å². The molecule has 1 fully saturated rings. The number of carbonyl (C=O) groups is 4. The Morgan fingerprint density at radius 1 is 1.00 bits per heavy atom. The first-order valence-electron chi connectivity index (χ1n) is 10.3. The van der Waals surface area contributed by atoms with Crippen LogP contribution in [0.25, 0.3) is 0 Å². The Hall–Kier alpha value is -3.68. The lowest BCUT2D eigenvalue weighted by Gasteiger charge is -2.24. The fraction of sp³-hybridized carbons (Fsp3) is 0.333. The Morgan fingerprint density at radius 3 is 2.16 bits per heavy atom. The third-order valence-electron chi connectivity index (χ3n) is 5.37. The quantitative estimate of drug-likeness (QED) is 0.625. The predicted octanol–water partition coefficient (Wildman–Crippen LogP) is 3.35. The molecule has 3 N–H and O–H groups in total. The maximum atomic E-state index is 13.1. The minimum absolute atomic E-state index is 0.0380. The molecule has 0 radical (unpaired) electrons. The van der Waals surface area contributed by atoms with Gasteiger partial charge in [-0.1, -0.05) is 51.1 Å². The number of nitrogens with zero attached hydrogens (tertiary/aromatic N) is 1. The first kappa shape index (κ1) is 23.0. The van der Waals surface area contributed by atoms with Crippen LogP contribution in [0.4, 0.5) is 16.2 Å². The van der Waals surface area contributed by atoms with Crippen molar-refractivity contribution >= 4 is 35.1 Å². The van der Waals surface area contributed by atoms with Crippen LogP contribution in [0.1, 0.15) is 45.7 Å². The van der Waals surface area contributed by atoms with Crippen LogP contribution in [0.3, 0.4) is 0 Å². The number of carbonyl (C=O) groups excluding carboxylic acids is 4. The fourth-order valence-corrected chi connectivity index (χ4v) is 3.56. The molecule has 0 aromatic heterocycles. The second-order valence-corrected chi connectivity index (χ2v) is 9.08. The summed E-state index contributed by atoms with van der Waals surface area (Å²) in [6.07, 6.45) is 0. The molecule has 1 saturated heterocycles. The largest absolute Gasteiger partial charge is 0.326 e. The maximum Gasteiger partial charge on any atom is 0.325 e. The molecule has 0 bridgehead atoms. The van der Waals surface area contributed by atoms with Crippen LogP contribution in [0.2, 0.25) is 0 Å². The summed E-state index contributed by atoms with van der Waals surface area (Å²) in [6.45, 7) is 8.88. The number of amides is 5. The molecule has 0 aliphatic carbocycles. The van der Waals surface area contributed by atoms with Crippen LogP contribution in [0.15, 0.2) is 48.5 Å². The molecule has 5 amide bonds. The summed E-state index contributed by atoms with van der Waals surface area (Å²) in [4.78, 5) is 50.3. The van der Waals surface area contributed by atoms with Crippen LogP contribution < -0.4 is 16.0 Å². The highest BCUT2D eigenvalue weighted by atomic mass is 16.2. The molecule has 2 aromatic carbocycles. The van der Waals surface area contributed by atoms with Crippen LogP contribution in [-0.4, -0.2) is 35.2 Å². The second kappa shape index (κ2) is 8.45. The topological polar surface area (TPSA) is 108 Å².